The molecule has 0 unspecified atom stereocenters. The van der Waals surface area contributed by atoms with Crippen molar-refractivity contribution < 1.29 is 0 Å². The quantitative estimate of drug-likeness (QED) is 0.187. The summed E-state index contributed by atoms with van der Waals surface area (Å²) in [6, 6.07) is 48.5. The fourth-order valence-corrected chi connectivity index (χ4v) is 6.94. The maximum Gasteiger partial charge on any atom is 0.0346 e. The van der Waals surface area contributed by atoms with Crippen molar-refractivity contribution in [2.75, 3.05) is 0 Å². The first-order chi connectivity index (χ1) is 22.7. The second kappa shape index (κ2) is 11.6. The van der Waals surface area contributed by atoms with Crippen LogP contribution in [0.4, 0.5) is 0 Å². The average molecular weight is 589 g/mol. The summed E-state index contributed by atoms with van der Waals surface area (Å²) in [5, 5.41) is 4.99. The Labute approximate surface area is 269 Å². The molecule has 0 aliphatic carbocycles. The Kier molecular flexibility index (Phi) is 6.96. The molecule has 0 fully saturated rings. The molecule has 8 aromatic rings. The molecule has 0 spiro atoms. The Hall–Kier alpha value is -5.86. The van der Waals surface area contributed by atoms with Crippen molar-refractivity contribution in [1.29, 1.82) is 0 Å². The number of hydrogen-bond acceptors (Lipinski definition) is 2. The first kappa shape index (κ1) is 27.7. The second-order valence-electron chi connectivity index (χ2n) is 12.0. The number of rotatable bonds is 5. The molecular weight excluding hydrogens is 556 g/mol. The summed E-state index contributed by atoms with van der Waals surface area (Å²) >= 11 is 0. The highest BCUT2D eigenvalue weighted by Gasteiger charge is 2.19. The van der Waals surface area contributed by atoms with Crippen LogP contribution < -0.4 is 0 Å². The highest BCUT2D eigenvalue weighted by Crippen LogP contribution is 2.46. The topological polar surface area (TPSA) is 25.8 Å². The van der Waals surface area contributed by atoms with Gasteiger partial charge in [0, 0.05) is 35.9 Å². The number of benzene rings is 6. The van der Waals surface area contributed by atoms with Crippen molar-refractivity contribution in [3.8, 4) is 55.6 Å². The van der Waals surface area contributed by atoms with Crippen molar-refractivity contribution in [3.63, 3.8) is 0 Å². The minimum atomic E-state index is 1.13. The number of pyridine rings is 2. The number of fused-ring (bicyclic) bond motifs is 2. The predicted octanol–water partition coefficient (Wildman–Crippen LogP) is 11.7. The molecule has 2 heterocycles. The van der Waals surface area contributed by atoms with Crippen molar-refractivity contribution in [3.05, 3.63) is 169 Å². The van der Waals surface area contributed by atoms with Gasteiger partial charge in [0.25, 0.3) is 0 Å². The summed E-state index contributed by atoms with van der Waals surface area (Å²) < 4.78 is 0. The fraction of sp³-hybridized carbons (Fsp3) is 0.0455. The van der Waals surface area contributed by atoms with E-state index in [9.17, 15) is 0 Å². The van der Waals surface area contributed by atoms with Gasteiger partial charge in [0.05, 0.1) is 0 Å². The molecule has 8 rings (SSSR count). The molecule has 0 bridgehead atoms. The Morgan fingerprint density at radius 3 is 1.35 bits per heavy atom. The van der Waals surface area contributed by atoms with Crippen LogP contribution in [-0.2, 0) is 0 Å². The molecule has 0 N–H and O–H groups in total. The van der Waals surface area contributed by atoms with Gasteiger partial charge >= 0.3 is 0 Å². The number of aryl methyl sites for hydroxylation is 2. The molecule has 2 nitrogen and oxygen atoms in total. The molecule has 218 valence electrons. The highest BCUT2D eigenvalue weighted by atomic mass is 14.6. The smallest absolute Gasteiger partial charge is 0.0346 e. The zero-order chi connectivity index (χ0) is 31.0. The lowest BCUT2D eigenvalue weighted by Crippen LogP contribution is -1.94. The van der Waals surface area contributed by atoms with E-state index in [2.05, 4.69) is 145 Å². The molecule has 0 radical (unpaired) electrons. The Bertz CT molecular complexity index is 2360. The molecular formula is C44H32N2. The van der Waals surface area contributed by atoms with E-state index >= 15 is 0 Å². The van der Waals surface area contributed by atoms with E-state index in [1.807, 2.05) is 36.9 Å². The maximum absolute atomic E-state index is 4.37. The third-order valence-electron chi connectivity index (χ3n) is 9.11. The Balaban J connectivity index is 1.41. The van der Waals surface area contributed by atoms with Crippen molar-refractivity contribution in [2.24, 2.45) is 0 Å². The third kappa shape index (κ3) is 4.85. The molecule has 2 heteroatoms. The summed E-state index contributed by atoms with van der Waals surface area (Å²) in [5.74, 6) is 0. The molecule has 0 aliphatic heterocycles. The van der Waals surface area contributed by atoms with E-state index in [1.165, 1.54) is 77.2 Å². The standard InChI is InChI=1S/C44H32N2/c1-29-24-33(17-19-37(29)35-12-8-22-45-27-35)43-39-14-6-7-15-40(39)44(34-18-20-38(30(2)25-34)36-13-9-23-46-28-36)42-26-32(16-21-41(42)43)31-10-4-3-5-11-31/h3-28H,1-2H3. The fourth-order valence-electron chi connectivity index (χ4n) is 6.94. The van der Waals surface area contributed by atoms with Crippen LogP contribution in [0, 0.1) is 13.8 Å². The largest absolute Gasteiger partial charge is 0.264 e. The van der Waals surface area contributed by atoms with Crippen LogP contribution in [-0.4, -0.2) is 9.97 Å². The lowest BCUT2D eigenvalue weighted by Gasteiger charge is -2.20. The van der Waals surface area contributed by atoms with Crippen LogP contribution in [0.25, 0.3) is 77.2 Å². The van der Waals surface area contributed by atoms with E-state index in [0.717, 1.165) is 11.1 Å². The van der Waals surface area contributed by atoms with Crippen LogP contribution in [0.3, 0.4) is 0 Å². The van der Waals surface area contributed by atoms with E-state index in [4.69, 9.17) is 0 Å². The van der Waals surface area contributed by atoms with Crippen molar-refractivity contribution in [1.82, 2.24) is 9.97 Å². The number of hydrogen-bond donors (Lipinski definition) is 0. The van der Waals surface area contributed by atoms with Crippen molar-refractivity contribution >= 4 is 21.5 Å². The number of nitrogens with zero attached hydrogens (tertiary/aromatic N) is 2. The monoisotopic (exact) mass is 588 g/mol. The molecule has 6 aromatic carbocycles. The van der Waals surface area contributed by atoms with Gasteiger partial charge in [-0.25, -0.2) is 0 Å². The van der Waals surface area contributed by atoms with E-state index in [0.29, 0.717) is 0 Å². The number of aromatic nitrogens is 2. The van der Waals surface area contributed by atoms with Gasteiger partial charge in [0.2, 0.25) is 0 Å². The third-order valence-corrected chi connectivity index (χ3v) is 9.11. The van der Waals surface area contributed by atoms with E-state index < -0.39 is 0 Å². The van der Waals surface area contributed by atoms with Crippen molar-refractivity contribution in [2.45, 2.75) is 13.8 Å². The van der Waals surface area contributed by atoms with Gasteiger partial charge in [-0.2, -0.15) is 0 Å². The van der Waals surface area contributed by atoms with Gasteiger partial charge < -0.3 is 0 Å². The lowest BCUT2D eigenvalue weighted by atomic mass is 9.83. The van der Waals surface area contributed by atoms with Crippen LogP contribution in [0.5, 0.6) is 0 Å². The van der Waals surface area contributed by atoms with Crippen LogP contribution in [0.15, 0.2) is 158 Å². The molecule has 0 aliphatic rings. The Morgan fingerprint density at radius 1 is 0.348 bits per heavy atom. The SMILES string of the molecule is Cc1cc(-c2c3ccccc3c(-c3ccc(-c4cccnc4)c(C)c3)c3cc(-c4ccccc4)ccc23)ccc1-c1cccnc1. The predicted molar refractivity (Wildman–Crippen MR) is 194 cm³/mol. The van der Waals surface area contributed by atoms with Gasteiger partial charge in [0.1, 0.15) is 0 Å². The van der Waals surface area contributed by atoms with Gasteiger partial charge in [-0.1, -0.05) is 115 Å². The summed E-state index contributed by atoms with van der Waals surface area (Å²) in [7, 11) is 0. The minimum absolute atomic E-state index is 1.13. The van der Waals surface area contributed by atoms with E-state index in [1.54, 1.807) is 0 Å². The molecule has 0 amide bonds. The first-order valence-corrected chi connectivity index (χ1v) is 15.7. The first-order valence-electron chi connectivity index (χ1n) is 15.7. The molecule has 0 saturated heterocycles. The van der Waals surface area contributed by atoms with Crippen LogP contribution in [0.1, 0.15) is 11.1 Å². The summed E-state index contributed by atoms with van der Waals surface area (Å²) in [6.07, 6.45) is 7.53. The van der Waals surface area contributed by atoms with Gasteiger partial charge in [-0.05, 0) is 109 Å². The molecule has 0 saturated carbocycles. The minimum Gasteiger partial charge on any atom is -0.264 e. The molecule has 2 aromatic heterocycles. The Morgan fingerprint density at radius 2 is 0.826 bits per heavy atom. The van der Waals surface area contributed by atoms with Crippen LogP contribution >= 0.6 is 0 Å². The molecule has 46 heavy (non-hydrogen) atoms. The highest BCUT2D eigenvalue weighted by molar-refractivity contribution is 6.22. The van der Waals surface area contributed by atoms with E-state index in [-0.39, 0.29) is 0 Å². The summed E-state index contributed by atoms with van der Waals surface area (Å²) in [4.78, 5) is 8.73. The summed E-state index contributed by atoms with van der Waals surface area (Å²) in [6.45, 7) is 4.40. The normalized spacial score (nSPS) is 11.3. The molecule has 0 atom stereocenters. The maximum atomic E-state index is 4.37. The van der Waals surface area contributed by atoms with Gasteiger partial charge in [-0.3, -0.25) is 9.97 Å². The van der Waals surface area contributed by atoms with Gasteiger partial charge in [-0.15, -0.1) is 0 Å². The zero-order valence-electron chi connectivity index (χ0n) is 25.9. The lowest BCUT2D eigenvalue weighted by molar-refractivity contribution is 1.32. The van der Waals surface area contributed by atoms with Crippen LogP contribution in [0.2, 0.25) is 0 Å². The summed E-state index contributed by atoms with van der Waals surface area (Å²) in [5.41, 5.74) is 14.5. The average Bonchev–Trinajstić information content (AvgIpc) is 3.11. The second-order valence-corrected chi connectivity index (χ2v) is 12.0. The van der Waals surface area contributed by atoms with Gasteiger partial charge in [0.15, 0.2) is 0 Å². The zero-order valence-corrected chi connectivity index (χ0v) is 25.9.